The zero-order valence-electron chi connectivity index (χ0n) is 16.3. The number of amides is 3. The number of hydrazine groups is 1. The Morgan fingerprint density at radius 2 is 1.97 bits per heavy atom. The fourth-order valence-electron chi connectivity index (χ4n) is 3.01. The summed E-state index contributed by atoms with van der Waals surface area (Å²) in [7, 11) is 0. The van der Waals surface area contributed by atoms with E-state index >= 15 is 0 Å². The van der Waals surface area contributed by atoms with Crippen LogP contribution in [0.1, 0.15) is 16.1 Å². The number of aromatic nitrogens is 3. The Kier molecular flexibility index (Phi) is 5.58. The predicted molar refractivity (Wildman–Crippen MR) is 109 cm³/mol. The van der Waals surface area contributed by atoms with E-state index in [0.29, 0.717) is 24.8 Å². The lowest BCUT2D eigenvalue weighted by Crippen LogP contribution is -2.31. The normalized spacial score (nSPS) is 13.6. The molecule has 12 heteroatoms. The van der Waals surface area contributed by atoms with E-state index in [4.69, 9.17) is 0 Å². The Balaban J connectivity index is 1.54. The summed E-state index contributed by atoms with van der Waals surface area (Å²) in [6.45, 7) is 0.950. The number of carbonyl (C=O) groups excluding carboxylic acids is 2. The molecule has 9 nitrogen and oxygen atoms in total. The van der Waals surface area contributed by atoms with Crippen LogP contribution in [0.15, 0.2) is 54.9 Å². The number of rotatable bonds is 5. The van der Waals surface area contributed by atoms with Gasteiger partial charge in [-0.05, 0) is 30.3 Å². The first-order valence-electron chi connectivity index (χ1n) is 9.40. The van der Waals surface area contributed by atoms with Crippen molar-refractivity contribution >= 4 is 23.4 Å². The minimum atomic E-state index is -4.72. The molecule has 164 valence electrons. The SMILES string of the molecule is O=C(NNc1cc(C(F)(F)F)nc(-c2cccnc2)n1)c1cccc(N2CCNC2=O)c1. The largest absolute Gasteiger partial charge is 0.433 e. The van der Waals surface area contributed by atoms with E-state index in [1.807, 2.05) is 0 Å². The highest BCUT2D eigenvalue weighted by molar-refractivity contribution is 5.98. The van der Waals surface area contributed by atoms with Gasteiger partial charge < -0.3 is 5.32 Å². The Morgan fingerprint density at radius 3 is 2.66 bits per heavy atom. The van der Waals surface area contributed by atoms with E-state index in [9.17, 15) is 22.8 Å². The van der Waals surface area contributed by atoms with Crippen LogP contribution in [0, 0.1) is 0 Å². The van der Waals surface area contributed by atoms with Gasteiger partial charge in [0.15, 0.2) is 11.5 Å². The molecule has 0 aliphatic carbocycles. The van der Waals surface area contributed by atoms with E-state index in [0.717, 1.165) is 0 Å². The topological polar surface area (TPSA) is 112 Å². The number of alkyl halides is 3. The lowest BCUT2D eigenvalue weighted by molar-refractivity contribution is -0.141. The van der Waals surface area contributed by atoms with Gasteiger partial charge in [0.2, 0.25) is 0 Å². The third kappa shape index (κ3) is 4.58. The zero-order valence-corrected chi connectivity index (χ0v) is 16.3. The lowest BCUT2D eigenvalue weighted by atomic mass is 10.2. The monoisotopic (exact) mass is 443 g/mol. The minimum Gasteiger partial charge on any atom is -0.336 e. The van der Waals surface area contributed by atoms with Crippen molar-refractivity contribution in [3.05, 3.63) is 66.1 Å². The molecule has 4 rings (SSSR count). The molecular weight excluding hydrogens is 427 g/mol. The fourth-order valence-corrected chi connectivity index (χ4v) is 3.01. The summed E-state index contributed by atoms with van der Waals surface area (Å²) in [4.78, 5) is 37.3. The zero-order chi connectivity index (χ0) is 22.7. The minimum absolute atomic E-state index is 0.201. The predicted octanol–water partition coefficient (Wildman–Crippen LogP) is 2.84. The second-order valence-electron chi connectivity index (χ2n) is 6.71. The van der Waals surface area contributed by atoms with Crippen LogP contribution in [0.25, 0.3) is 11.4 Å². The number of nitrogens with one attached hydrogen (secondary N) is 3. The summed E-state index contributed by atoms with van der Waals surface area (Å²) in [5, 5.41) is 2.66. The van der Waals surface area contributed by atoms with Gasteiger partial charge in [-0.15, -0.1) is 0 Å². The van der Waals surface area contributed by atoms with Gasteiger partial charge in [-0.3, -0.25) is 25.5 Å². The second kappa shape index (κ2) is 8.49. The van der Waals surface area contributed by atoms with E-state index < -0.39 is 17.8 Å². The van der Waals surface area contributed by atoms with E-state index in [1.54, 1.807) is 18.2 Å². The number of hydrogen-bond donors (Lipinski definition) is 3. The molecule has 1 fully saturated rings. The number of urea groups is 1. The molecule has 3 amide bonds. The van der Waals surface area contributed by atoms with E-state index in [-0.39, 0.29) is 28.8 Å². The van der Waals surface area contributed by atoms with Gasteiger partial charge in [0.1, 0.15) is 5.82 Å². The number of halogens is 3. The molecular formula is C20H16F3N7O2. The Bertz CT molecular complexity index is 1160. The highest BCUT2D eigenvalue weighted by Gasteiger charge is 2.34. The van der Waals surface area contributed by atoms with Crippen molar-refractivity contribution in [3.8, 4) is 11.4 Å². The smallest absolute Gasteiger partial charge is 0.336 e. The van der Waals surface area contributed by atoms with Gasteiger partial charge >= 0.3 is 12.2 Å². The number of pyridine rings is 1. The first-order valence-corrected chi connectivity index (χ1v) is 9.40. The maximum atomic E-state index is 13.3. The van der Waals surface area contributed by atoms with Gasteiger partial charge in [-0.25, -0.2) is 14.8 Å². The second-order valence-corrected chi connectivity index (χ2v) is 6.71. The summed E-state index contributed by atoms with van der Waals surface area (Å²) in [5.41, 5.74) is 4.55. The highest BCUT2D eigenvalue weighted by atomic mass is 19.4. The van der Waals surface area contributed by atoms with E-state index in [2.05, 4.69) is 31.1 Å². The third-order valence-corrected chi connectivity index (χ3v) is 4.52. The van der Waals surface area contributed by atoms with Crippen LogP contribution in [0.4, 0.5) is 29.5 Å². The standard InChI is InChI=1S/C20H16F3N7O2/c21-20(22,23)15-10-16(27-17(26-15)13-4-2-6-24-11-13)28-29-18(31)12-3-1-5-14(9-12)30-8-7-25-19(30)32/h1-6,9-11H,7-8H2,(H,25,32)(H,29,31)(H,26,27,28). The van der Waals surface area contributed by atoms with Crippen molar-refractivity contribution in [2.45, 2.75) is 6.18 Å². The van der Waals surface area contributed by atoms with Crippen LogP contribution < -0.4 is 21.1 Å². The number of carbonyl (C=O) groups is 2. The van der Waals surface area contributed by atoms with Crippen LogP contribution in [0.3, 0.4) is 0 Å². The number of nitrogens with zero attached hydrogens (tertiary/aromatic N) is 4. The van der Waals surface area contributed by atoms with E-state index in [1.165, 1.54) is 35.5 Å². The van der Waals surface area contributed by atoms with Crippen LogP contribution in [-0.2, 0) is 6.18 Å². The molecule has 0 saturated carbocycles. The number of anilines is 2. The van der Waals surface area contributed by atoms with Crippen LogP contribution >= 0.6 is 0 Å². The first kappa shape index (κ1) is 21.0. The van der Waals surface area contributed by atoms with Gasteiger partial charge in [-0.1, -0.05) is 6.07 Å². The maximum absolute atomic E-state index is 13.3. The Hall–Kier alpha value is -4.22. The summed E-state index contributed by atoms with van der Waals surface area (Å²) >= 11 is 0. The molecule has 0 unspecified atom stereocenters. The fraction of sp³-hybridized carbons (Fsp3) is 0.150. The molecule has 3 aromatic rings. The van der Waals surface area contributed by atoms with Gasteiger partial charge in [0, 0.05) is 48.4 Å². The van der Waals surface area contributed by atoms with Crippen LogP contribution in [0.2, 0.25) is 0 Å². The summed E-state index contributed by atoms with van der Waals surface area (Å²) in [5.74, 6) is -1.08. The van der Waals surface area contributed by atoms with Gasteiger partial charge in [0.05, 0.1) is 0 Å². The van der Waals surface area contributed by atoms with Crippen molar-refractivity contribution in [3.63, 3.8) is 0 Å². The molecule has 1 aromatic carbocycles. The van der Waals surface area contributed by atoms with Crippen LogP contribution in [-0.4, -0.2) is 40.0 Å². The lowest BCUT2D eigenvalue weighted by Gasteiger charge is -2.15. The van der Waals surface area contributed by atoms with Gasteiger partial charge in [-0.2, -0.15) is 13.2 Å². The molecule has 3 N–H and O–H groups in total. The van der Waals surface area contributed by atoms with Crippen molar-refractivity contribution in [1.82, 2.24) is 25.7 Å². The average Bonchev–Trinajstić information content (AvgIpc) is 3.23. The molecule has 1 saturated heterocycles. The molecule has 2 aromatic heterocycles. The third-order valence-electron chi connectivity index (χ3n) is 4.52. The maximum Gasteiger partial charge on any atom is 0.433 e. The van der Waals surface area contributed by atoms with Crippen molar-refractivity contribution in [1.29, 1.82) is 0 Å². The average molecular weight is 443 g/mol. The van der Waals surface area contributed by atoms with Crippen molar-refractivity contribution in [2.75, 3.05) is 23.4 Å². The van der Waals surface area contributed by atoms with Crippen molar-refractivity contribution < 1.29 is 22.8 Å². The molecule has 0 radical (unpaired) electrons. The molecule has 0 atom stereocenters. The molecule has 1 aliphatic heterocycles. The number of hydrogen-bond acceptors (Lipinski definition) is 6. The van der Waals surface area contributed by atoms with Crippen LogP contribution in [0.5, 0.6) is 0 Å². The highest BCUT2D eigenvalue weighted by Crippen LogP contribution is 2.30. The Labute approximate surface area is 179 Å². The summed E-state index contributed by atoms with van der Waals surface area (Å²) in [6, 6.07) is 9.76. The molecule has 1 aliphatic rings. The molecule has 32 heavy (non-hydrogen) atoms. The first-order chi connectivity index (χ1) is 15.3. The summed E-state index contributed by atoms with van der Waals surface area (Å²) in [6.07, 6.45) is -1.92. The quantitative estimate of drug-likeness (QED) is 0.523. The Morgan fingerprint density at radius 1 is 1.12 bits per heavy atom. The summed E-state index contributed by atoms with van der Waals surface area (Å²) < 4.78 is 39.9. The number of benzene rings is 1. The molecule has 0 spiro atoms. The molecule has 0 bridgehead atoms. The van der Waals surface area contributed by atoms with Crippen molar-refractivity contribution in [2.24, 2.45) is 0 Å². The molecule has 3 heterocycles. The van der Waals surface area contributed by atoms with Gasteiger partial charge in [0.25, 0.3) is 5.91 Å².